The van der Waals surface area contributed by atoms with Crippen molar-refractivity contribution in [1.29, 1.82) is 0 Å². The molecule has 0 N–H and O–H groups in total. The van der Waals surface area contributed by atoms with E-state index in [4.69, 9.17) is 4.42 Å². The average Bonchev–Trinajstić information content (AvgIpc) is 3.23. The minimum Gasteiger partial charge on any atom is -0.455 e. The molecule has 2 heteroatoms. The van der Waals surface area contributed by atoms with Gasteiger partial charge in [0.05, 0.1) is 0 Å². The Morgan fingerprint density at radius 1 is 0.469 bits per heavy atom. The van der Waals surface area contributed by atoms with Gasteiger partial charge in [-0.15, -0.1) is 0 Å². The fourth-order valence-corrected chi connectivity index (χ4v) is 5.46. The molecule has 0 bridgehead atoms. The Bertz CT molecular complexity index is 1840. The summed E-state index contributed by atoms with van der Waals surface area (Å²) >= 11 is 2.37. The van der Waals surface area contributed by atoms with Crippen LogP contribution in [0.1, 0.15) is 0 Å². The molecular weight excluding hydrogens is 503 g/mol. The van der Waals surface area contributed by atoms with E-state index in [9.17, 15) is 0 Å². The second-order valence-electron chi connectivity index (χ2n) is 8.32. The van der Waals surface area contributed by atoms with Gasteiger partial charge in [-0.05, 0) is 85.6 Å². The van der Waals surface area contributed by atoms with Crippen LogP contribution in [0, 0.1) is 3.57 Å². The van der Waals surface area contributed by atoms with E-state index in [0.717, 1.165) is 21.9 Å². The monoisotopic (exact) mass is 520 g/mol. The predicted molar refractivity (Wildman–Crippen MR) is 144 cm³/mol. The lowest BCUT2D eigenvalue weighted by Crippen LogP contribution is -1.84. The van der Waals surface area contributed by atoms with Gasteiger partial charge in [-0.25, -0.2) is 0 Å². The molecule has 0 spiro atoms. The van der Waals surface area contributed by atoms with Gasteiger partial charge in [0.1, 0.15) is 11.2 Å². The molecule has 0 atom stereocenters. The zero-order chi connectivity index (χ0) is 21.2. The highest BCUT2D eigenvalue weighted by Gasteiger charge is 2.16. The van der Waals surface area contributed by atoms with Crippen molar-refractivity contribution in [3.8, 4) is 11.1 Å². The van der Waals surface area contributed by atoms with Crippen molar-refractivity contribution in [2.24, 2.45) is 0 Å². The van der Waals surface area contributed by atoms with E-state index >= 15 is 0 Å². The Balaban J connectivity index is 1.61. The van der Waals surface area contributed by atoms with Gasteiger partial charge in [0.15, 0.2) is 0 Å². The maximum absolute atomic E-state index is 6.55. The summed E-state index contributed by atoms with van der Waals surface area (Å²) in [5, 5.41) is 9.60. The molecule has 7 aromatic rings. The van der Waals surface area contributed by atoms with Crippen LogP contribution in [0.15, 0.2) is 108 Å². The highest BCUT2D eigenvalue weighted by molar-refractivity contribution is 14.1. The number of halogens is 1. The maximum atomic E-state index is 6.55. The standard InChI is InChI=1S/C30H17IO/c31-22-13-11-19-15-21(10-9-20(19)16-22)27-17-28-26-14-12-18-5-1-2-6-23(18)29(26)32-30(28)25-8-4-3-7-24(25)27/h1-17H. The fraction of sp³-hybridized carbons (Fsp3) is 0. The number of furan rings is 1. The van der Waals surface area contributed by atoms with Gasteiger partial charge in [0.25, 0.3) is 0 Å². The number of hydrogen-bond acceptors (Lipinski definition) is 1. The molecule has 0 amide bonds. The summed E-state index contributed by atoms with van der Waals surface area (Å²) in [5.41, 5.74) is 4.40. The highest BCUT2D eigenvalue weighted by atomic mass is 127. The van der Waals surface area contributed by atoms with Gasteiger partial charge in [0, 0.05) is 25.1 Å². The van der Waals surface area contributed by atoms with E-state index in [1.54, 1.807) is 0 Å². The van der Waals surface area contributed by atoms with Crippen LogP contribution in [0.4, 0.5) is 0 Å². The second-order valence-corrected chi connectivity index (χ2v) is 9.56. The van der Waals surface area contributed by atoms with Crippen LogP contribution in [-0.4, -0.2) is 0 Å². The summed E-state index contributed by atoms with van der Waals surface area (Å²) in [6.07, 6.45) is 0. The second kappa shape index (κ2) is 6.81. The third kappa shape index (κ3) is 2.63. The molecule has 0 aliphatic rings. The minimum atomic E-state index is 0.964. The normalized spacial score (nSPS) is 11.9. The fourth-order valence-electron chi connectivity index (χ4n) is 4.95. The summed E-state index contributed by atoms with van der Waals surface area (Å²) in [7, 11) is 0. The summed E-state index contributed by atoms with van der Waals surface area (Å²) < 4.78 is 7.81. The van der Waals surface area contributed by atoms with Crippen LogP contribution in [0.25, 0.3) is 65.4 Å². The SMILES string of the molecule is Ic1ccc2cc(-c3cc4c5ccc6ccccc6c5oc4c4ccccc34)ccc2c1. The smallest absolute Gasteiger partial charge is 0.143 e. The van der Waals surface area contributed by atoms with Crippen molar-refractivity contribution in [1.82, 2.24) is 0 Å². The van der Waals surface area contributed by atoms with Crippen molar-refractivity contribution in [3.63, 3.8) is 0 Å². The Labute approximate surface area is 198 Å². The van der Waals surface area contributed by atoms with Crippen LogP contribution in [0.5, 0.6) is 0 Å². The topological polar surface area (TPSA) is 13.1 Å². The van der Waals surface area contributed by atoms with E-state index in [1.165, 1.54) is 47.0 Å². The van der Waals surface area contributed by atoms with Crippen molar-refractivity contribution in [2.45, 2.75) is 0 Å². The van der Waals surface area contributed by atoms with E-state index in [0.29, 0.717) is 0 Å². The Morgan fingerprint density at radius 2 is 1.12 bits per heavy atom. The molecule has 0 fully saturated rings. The number of rotatable bonds is 1. The van der Waals surface area contributed by atoms with Crippen LogP contribution in [-0.2, 0) is 0 Å². The first-order valence-electron chi connectivity index (χ1n) is 10.7. The molecule has 0 aliphatic carbocycles. The first kappa shape index (κ1) is 18.2. The van der Waals surface area contributed by atoms with Crippen molar-refractivity contribution < 1.29 is 4.42 Å². The van der Waals surface area contributed by atoms with Gasteiger partial charge in [0.2, 0.25) is 0 Å². The Morgan fingerprint density at radius 3 is 2.03 bits per heavy atom. The summed E-state index contributed by atoms with van der Waals surface area (Å²) in [4.78, 5) is 0. The lowest BCUT2D eigenvalue weighted by molar-refractivity contribution is 0.676. The average molecular weight is 520 g/mol. The van der Waals surface area contributed by atoms with Crippen LogP contribution < -0.4 is 0 Å². The molecule has 1 heterocycles. The zero-order valence-electron chi connectivity index (χ0n) is 17.1. The van der Waals surface area contributed by atoms with Gasteiger partial charge >= 0.3 is 0 Å². The predicted octanol–water partition coefficient (Wildman–Crippen LogP) is 9.32. The van der Waals surface area contributed by atoms with E-state index < -0.39 is 0 Å². The van der Waals surface area contributed by atoms with Crippen molar-refractivity contribution in [2.75, 3.05) is 0 Å². The molecular formula is C30H17IO. The van der Waals surface area contributed by atoms with Gasteiger partial charge < -0.3 is 4.42 Å². The first-order chi connectivity index (χ1) is 15.8. The third-order valence-electron chi connectivity index (χ3n) is 6.48. The van der Waals surface area contributed by atoms with Gasteiger partial charge in [-0.3, -0.25) is 0 Å². The van der Waals surface area contributed by atoms with E-state index in [2.05, 4.69) is 126 Å². The van der Waals surface area contributed by atoms with Crippen LogP contribution in [0.3, 0.4) is 0 Å². The molecule has 0 aliphatic heterocycles. The molecule has 0 saturated heterocycles. The molecule has 1 nitrogen and oxygen atoms in total. The van der Waals surface area contributed by atoms with E-state index in [1.807, 2.05) is 0 Å². The Kier molecular flexibility index (Phi) is 3.88. The van der Waals surface area contributed by atoms with Gasteiger partial charge in [-0.2, -0.15) is 0 Å². The molecule has 0 radical (unpaired) electrons. The molecule has 1 aromatic heterocycles. The molecule has 32 heavy (non-hydrogen) atoms. The molecule has 0 saturated carbocycles. The third-order valence-corrected chi connectivity index (χ3v) is 7.15. The number of benzene rings is 6. The first-order valence-corrected chi connectivity index (χ1v) is 11.8. The van der Waals surface area contributed by atoms with Crippen LogP contribution >= 0.6 is 22.6 Å². The molecule has 0 unspecified atom stereocenters. The van der Waals surface area contributed by atoms with Crippen molar-refractivity contribution >= 4 is 76.8 Å². The summed E-state index contributed by atoms with van der Waals surface area (Å²) in [5.74, 6) is 0. The summed E-state index contributed by atoms with van der Waals surface area (Å²) in [6.45, 7) is 0. The highest BCUT2D eigenvalue weighted by Crippen LogP contribution is 2.42. The van der Waals surface area contributed by atoms with Gasteiger partial charge in [-0.1, -0.05) is 72.8 Å². The maximum Gasteiger partial charge on any atom is 0.143 e. The zero-order valence-corrected chi connectivity index (χ0v) is 19.3. The van der Waals surface area contributed by atoms with E-state index in [-0.39, 0.29) is 0 Å². The van der Waals surface area contributed by atoms with Crippen molar-refractivity contribution in [3.05, 3.63) is 107 Å². The number of fused-ring (bicyclic) bond motifs is 8. The molecule has 7 rings (SSSR count). The molecule has 150 valence electrons. The largest absolute Gasteiger partial charge is 0.455 e. The molecule has 6 aromatic carbocycles. The lowest BCUT2D eigenvalue weighted by Gasteiger charge is -2.10. The minimum absolute atomic E-state index is 0.964. The number of hydrogen-bond donors (Lipinski definition) is 0. The summed E-state index contributed by atoms with van der Waals surface area (Å²) in [6, 6.07) is 37.1. The Hall–Kier alpha value is -3.37. The quantitative estimate of drug-likeness (QED) is 0.197. The lowest BCUT2D eigenvalue weighted by atomic mass is 9.94. The van der Waals surface area contributed by atoms with Crippen LogP contribution in [0.2, 0.25) is 0 Å².